The Hall–Kier alpha value is -3.67. The molecule has 3 aromatic carbocycles. The lowest BCUT2D eigenvalue weighted by Gasteiger charge is -2.18. The van der Waals surface area contributed by atoms with E-state index in [1.807, 2.05) is 54.6 Å². The quantitative estimate of drug-likeness (QED) is 0.509. The monoisotopic (exact) mass is 375 g/mol. The first-order chi connectivity index (χ1) is 13.7. The lowest BCUT2D eigenvalue weighted by molar-refractivity contribution is 0.415. The summed E-state index contributed by atoms with van der Waals surface area (Å²) < 4.78 is 25.6. The third-order valence-electron chi connectivity index (χ3n) is 4.33. The van der Waals surface area contributed by atoms with Gasteiger partial charge in [-0.3, -0.25) is 0 Å². The van der Waals surface area contributed by atoms with Gasteiger partial charge in [-0.1, -0.05) is 36.4 Å². The maximum atomic E-state index is 14.5. The number of ether oxygens (including phenoxy) is 1. The van der Waals surface area contributed by atoms with Gasteiger partial charge >= 0.3 is 0 Å². The standard InChI is InChI=1S/C22H18FN3O2/c1-27-17-13-11-16(12-14-17)24-20(18-9-5-6-10-19(18)23)22-26-25-21(28-22)15-7-3-2-4-8-15/h2-14,20,24H,1H3. The van der Waals surface area contributed by atoms with Gasteiger partial charge in [0.2, 0.25) is 11.8 Å². The molecule has 1 heterocycles. The highest BCUT2D eigenvalue weighted by Crippen LogP contribution is 2.30. The van der Waals surface area contributed by atoms with Gasteiger partial charge in [0.15, 0.2) is 0 Å². The van der Waals surface area contributed by atoms with Crippen LogP contribution in [0.15, 0.2) is 83.3 Å². The molecule has 4 aromatic rings. The van der Waals surface area contributed by atoms with Crippen LogP contribution in [0.25, 0.3) is 11.5 Å². The molecule has 1 aromatic heterocycles. The molecule has 5 nitrogen and oxygen atoms in total. The highest BCUT2D eigenvalue weighted by molar-refractivity contribution is 5.53. The van der Waals surface area contributed by atoms with Crippen LogP contribution in [0, 0.1) is 5.82 Å². The van der Waals surface area contributed by atoms with Crippen molar-refractivity contribution >= 4 is 5.69 Å². The fourth-order valence-corrected chi connectivity index (χ4v) is 2.88. The van der Waals surface area contributed by atoms with Crippen molar-refractivity contribution in [3.05, 3.63) is 96.1 Å². The van der Waals surface area contributed by atoms with Crippen LogP contribution in [0.4, 0.5) is 10.1 Å². The maximum Gasteiger partial charge on any atom is 0.247 e. The van der Waals surface area contributed by atoms with Gasteiger partial charge in [-0.2, -0.15) is 0 Å². The Morgan fingerprint density at radius 3 is 2.32 bits per heavy atom. The van der Waals surface area contributed by atoms with Crippen molar-refractivity contribution in [1.82, 2.24) is 10.2 Å². The molecule has 0 aliphatic heterocycles. The molecule has 140 valence electrons. The summed E-state index contributed by atoms with van der Waals surface area (Å²) in [5.41, 5.74) is 1.99. The SMILES string of the molecule is COc1ccc(NC(c2nnc(-c3ccccc3)o2)c2ccccc2F)cc1. The molecular weight excluding hydrogens is 357 g/mol. The Balaban J connectivity index is 1.71. The number of aromatic nitrogens is 2. The summed E-state index contributed by atoms with van der Waals surface area (Å²) >= 11 is 0. The average molecular weight is 375 g/mol. The van der Waals surface area contributed by atoms with E-state index in [4.69, 9.17) is 9.15 Å². The zero-order chi connectivity index (χ0) is 19.3. The minimum atomic E-state index is -0.639. The Bertz CT molecular complexity index is 1050. The number of nitrogens with one attached hydrogen (secondary N) is 1. The smallest absolute Gasteiger partial charge is 0.247 e. The maximum absolute atomic E-state index is 14.5. The molecule has 0 amide bonds. The molecule has 0 saturated carbocycles. The predicted octanol–water partition coefficient (Wildman–Crippen LogP) is 5.09. The Labute approximate surface area is 161 Å². The van der Waals surface area contributed by atoms with Gasteiger partial charge in [-0.05, 0) is 42.5 Å². The molecular formula is C22H18FN3O2. The summed E-state index contributed by atoms with van der Waals surface area (Å²) in [6.07, 6.45) is 0. The number of benzene rings is 3. The van der Waals surface area contributed by atoms with Crippen molar-refractivity contribution in [3.63, 3.8) is 0 Å². The normalized spacial score (nSPS) is 11.8. The number of halogens is 1. The second-order valence-electron chi connectivity index (χ2n) is 6.14. The van der Waals surface area contributed by atoms with Crippen LogP contribution in [0.3, 0.4) is 0 Å². The first kappa shape index (κ1) is 17.7. The molecule has 0 bridgehead atoms. The van der Waals surface area contributed by atoms with Crippen molar-refractivity contribution < 1.29 is 13.5 Å². The van der Waals surface area contributed by atoms with E-state index in [1.165, 1.54) is 6.07 Å². The highest BCUT2D eigenvalue weighted by atomic mass is 19.1. The Morgan fingerprint density at radius 1 is 0.893 bits per heavy atom. The molecule has 28 heavy (non-hydrogen) atoms. The minimum Gasteiger partial charge on any atom is -0.497 e. The molecule has 1 atom stereocenters. The largest absolute Gasteiger partial charge is 0.497 e. The Kier molecular flexibility index (Phi) is 5.01. The molecule has 0 saturated heterocycles. The van der Waals surface area contributed by atoms with Gasteiger partial charge in [0, 0.05) is 16.8 Å². The number of hydrogen-bond acceptors (Lipinski definition) is 5. The molecule has 6 heteroatoms. The molecule has 0 aliphatic rings. The molecule has 0 spiro atoms. The van der Waals surface area contributed by atoms with Crippen molar-refractivity contribution in [2.75, 3.05) is 12.4 Å². The molecule has 0 aliphatic carbocycles. The van der Waals surface area contributed by atoms with Gasteiger partial charge in [0.05, 0.1) is 7.11 Å². The predicted molar refractivity (Wildman–Crippen MR) is 105 cm³/mol. The van der Waals surface area contributed by atoms with Crippen molar-refractivity contribution in [2.24, 2.45) is 0 Å². The van der Waals surface area contributed by atoms with Crippen LogP contribution >= 0.6 is 0 Å². The minimum absolute atomic E-state index is 0.278. The zero-order valence-corrected chi connectivity index (χ0v) is 15.2. The number of methoxy groups -OCH3 is 1. The zero-order valence-electron chi connectivity index (χ0n) is 15.2. The van der Waals surface area contributed by atoms with Crippen LogP contribution in [-0.2, 0) is 0 Å². The number of rotatable bonds is 6. The summed E-state index contributed by atoms with van der Waals surface area (Å²) in [4.78, 5) is 0. The molecule has 1 N–H and O–H groups in total. The molecule has 0 fully saturated rings. The van der Waals surface area contributed by atoms with Gasteiger partial charge in [-0.25, -0.2) is 4.39 Å². The summed E-state index contributed by atoms with van der Waals surface area (Å²) in [6, 6.07) is 22.7. The number of anilines is 1. The second-order valence-corrected chi connectivity index (χ2v) is 6.14. The van der Waals surface area contributed by atoms with Crippen molar-refractivity contribution in [3.8, 4) is 17.2 Å². The van der Waals surface area contributed by atoms with Gasteiger partial charge < -0.3 is 14.5 Å². The van der Waals surface area contributed by atoms with E-state index in [0.29, 0.717) is 11.5 Å². The van der Waals surface area contributed by atoms with Crippen LogP contribution in [-0.4, -0.2) is 17.3 Å². The highest BCUT2D eigenvalue weighted by Gasteiger charge is 2.24. The molecule has 0 radical (unpaired) electrons. The first-order valence-electron chi connectivity index (χ1n) is 8.78. The van der Waals surface area contributed by atoms with Crippen molar-refractivity contribution in [2.45, 2.75) is 6.04 Å². The van der Waals surface area contributed by atoms with Crippen LogP contribution in [0.2, 0.25) is 0 Å². The summed E-state index contributed by atoms with van der Waals surface area (Å²) in [5, 5.41) is 11.6. The fourth-order valence-electron chi connectivity index (χ4n) is 2.88. The van der Waals surface area contributed by atoms with E-state index in [2.05, 4.69) is 15.5 Å². The number of nitrogens with zero attached hydrogens (tertiary/aromatic N) is 2. The van der Waals surface area contributed by atoms with Gasteiger partial charge in [0.25, 0.3) is 0 Å². The van der Waals surface area contributed by atoms with E-state index in [-0.39, 0.29) is 11.7 Å². The Morgan fingerprint density at radius 2 is 1.61 bits per heavy atom. The van der Waals surface area contributed by atoms with Crippen LogP contribution < -0.4 is 10.1 Å². The van der Waals surface area contributed by atoms with Crippen LogP contribution in [0.5, 0.6) is 5.75 Å². The van der Waals surface area contributed by atoms with Crippen molar-refractivity contribution in [1.29, 1.82) is 0 Å². The van der Waals surface area contributed by atoms with E-state index >= 15 is 0 Å². The van der Waals surface area contributed by atoms with E-state index in [9.17, 15) is 4.39 Å². The average Bonchev–Trinajstić information content (AvgIpc) is 3.24. The fraction of sp³-hybridized carbons (Fsp3) is 0.0909. The summed E-state index contributed by atoms with van der Waals surface area (Å²) in [7, 11) is 1.61. The van der Waals surface area contributed by atoms with E-state index < -0.39 is 6.04 Å². The number of hydrogen-bond donors (Lipinski definition) is 1. The van der Waals surface area contributed by atoms with Gasteiger partial charge in [-0.15, -0.1) is 10.2 Å². The lowest BCUT2D eigenvalue weighted by atomic mass is 10.1. The van der Waals surface area contributed by atoms with E-state index in [0.717, 1.165) is 17.0 Å². The van der Waals surface area contributed by atoms with Crippen LogP contribution in [0.1, 0.15) is 17.5 Å². The van der Waals surface area contributed by atoms with Gasteiger partial charge in [0.1, 0.15) is 17.6 Å². The summed E-state index contributed by atoms with van der Waals surface area (Å²) in [6.45, 7) is 0. The second kappa shape index (κ2) is 7.92. The molecule has 4 rings (SSSR count). The third kappa shape index (κ3) is 3.71. The topological polar surface area (TPSA) is 60.2 Å². The lowest BCUT2D eigenvalue weighted by Crippen LogP contribution is -2.14. The summed E-state index contributed by atoms with van der Waals surface area (Å²) in [5.74, 6) is 1.04. The van der Waals surface area contributed by atoms with E-state index in [1.54, 1.807) is 25.3 Å². The molecule has 1 unspecified atom stereocenters. The third-order valence-corrected chi connectivity index (χ3v) is 4.33. The first-order valence-corrected chi connectivity index (χ1v) is 8.78.